The van der Waals surface area contributed by atoms with Gasteiger partial charge in [0.1, 0.15) is 0 Å². The van der Waals surface area contributed by atoms with E-state index in [9.17, 15) is 0 Å². The van der Waals surface area contributed by atoms with Gasteiger partial charge in [-0.2, -0.15) is 0 Å². The molecule has 1 saturated heterocycles. The summed E-state index contributed by atoms with van der Waals surface area (Å²) in [6.45, 7) is 4.88. The lowest BCUT2D eigenvalue weighted by Crippen LogP contribution is -2.49. The zero-order valence-corrected chi connectivity index (χ0v) is 7.03. The highest BCUT2D eigenvalue weighted by atomic mass is 16.3. The quantitative estimate of drug-likeness (QED) is 0.591. The van der Waals surface area contributed by atoms with Gasteiger partial charge in [-0.25, -0.2) is 0 Å². The second-order valence-electron chi connectivity index (χ2n) is 3.33. The molecule has 0 spiro atoms. The summed E-state index contributed by atoms with van der Waals surface area (Å²) in [5, 5.41) is 17.6. The molecule has 11 heavy (non-hydrogen) atoms. The number of aliphatic hydroxyl groups is 2. The molecule has 0 aromatic carbocycles. The van der Waals surface area contributed by atoms with Gasteiger partial charge in [0.25, 0.3) is 0 Å². The van der Waals surface area contributed by atoms with E-state index in [1.807, 2.05) is 0 Å². The summed E-state index contributed by atoms with van der Waals surface area (Å²) in [5.41, 5.74) is 0. The molecule has 1 unspecified atom stereocenters. The number of nitrogens with zero attached hydrogens (tertiary/aromatic N) is 1. The average Bonchev–Trinajstić information content (AvgIpc) is 1.95. The fourth-order valence-corrected chi connectivity index (χ4v) is 1.44. The van der Waals surface area contributed by atoms with Crippen molar-refractivity contribution in [3.05, 3.63) is 0 Å². The van der Waals surface area contributed by atoms with Gasteiger partial charge in [-0.05, 0) is 5.92 Å². The van der Waals surface area contributed by atoms with E-state index in [-0.39, 0.29) is 6.61 Å². The monoisotopic (exact) mass is 159 g/mol. The van der Waals surface area contributed by atoms with E-state index in [1.54, 1.807) is 0 Å². The summed E-state index contributed by atoms with van der Waals surface area (Å²) in [6.07, 6.45) is 0.680. The van der Waals surface area contributed by atoms with Crippen LogP contribution >= 0.6 is 0 Å². The van der Waals surface area contributed by atoms with Crippen molar-refractivity contribution in [3.63, 3.8) is 0 Å². The number of aliphatic hydroxyl groups excluding tert-OH is 2. The zero-order valence-electron chi connectivity index (χ0n) is 7.03. The molecule has 0 bridgehead atoms. The Morgan fingerprint density at radius 3 is 2.64 bits per heavy atom. The van der Waals surface area contributed by atoms with Gasteiger partial charge >= 0.3 is 0 Å². The Hall–Kier alpha value is -0.120. The SMILES string of the molecule is CCC1CN(CC(O)CO)C1. The van der Waals surface area contributed by atoms with Crippen LogP contribution in [0.3, 0.4) is 0 Å². The lowest BCUT2D eigenvalue weighted by molar-refractivity contribution is 0.0138. The number of β-amino-alcohol motifs (C(OH)–C–C–N with tert-alkyl or cyclic N) is 1. The molecular formula is C8H17NO2. The maximum absolute atomic E-state index is 9.06. The number of hydrogen-bond acceptors (Lipinski definition) is 3. The normalized spacial score (nSPS) is 23.2. The molecule has 2 N–H and O–H groups in total. The lowest BCUT2D eigenvalue weighted by atomic mass is 9.97. The van der Waals surface area contributed by atoms with E-state index in [0.29, 0.717) is 6.54 Å². The van der Waals surface area contributed by atoms with Crippen molar-refractivity contribution in [2.75, 3.05) is 26.2 Å². The molecule has 66 valence electrons. The summed E-state index contributed by atoms with van der Waals surface area (Å²) in [7, 11) is 0. The third-order valence-electron chi connectivity index (χ3n) is 2.29. The summed E-state index contributed by atoms with van der Waals surface area (Å²) in [6, 6.07) is 0. The first kappa shape index (κ1) is 8.97. The van der Waals surface area contributed by atoms with Crippen molar-refractivity contribution < 1.29 is 10.2 Å². The predicted molar refractivity (Wildman–Crippen MR) is 43.3 cm³/mol. The van der Waals surface area contributed by atoms with E-state index in [1.165, 1.54) is 6.42 Å². The Morgan fingerprint density at radius 2 is 2.18 bits per heavy atom. The third kappa shape index (κ3) is 2.43. The van der Waals surface area contributed by atoms with Crippen molar-refractivity contribution >= 4 is 0 Å². The molecule has 0 aromatic rings. The smallest absolute Gasteiger partial charge is 0.0897 e. The van der Waals surface area contributed by atoms with Gasteiger partial charge in [-0.3, -0.25) is 0 Å². The molecule has 1 aliphatic rings. The molecule has 1 rings (SSSR count). The van der Waals surface area contributed by atoms with Crippen LogP contribution in [-0.4, -0.2) is 47.5 Å². The summed E-state index contributed by atoms with van der Waals surface area (Å²) in [4.78, 5) is 2.18. The van der Waals surface area contributed by atoms with Gasteiger partial charge in [-0.1, -0.05) is 13.3 Å². The minimum atomic E-state index is -0.548. The second-order valence-corrected chi connectivity index (χ2v) is 3.33. The Morgan fingerprint density at radius 1 is 1.55 bits per heavy atom. The first-order valence-corrected chi connectivity index (χ1v) is 4.27. The van der Waals surface area contributed by atoms with Gasteiger partial charge in [0.2, 0.25) is 0 Å². The van der Waals surface area contributed by atoms with Gasteiger partial charge in [0.05, 0.1) is 12.7 Å². The number of hydrogen-bond donors (Lipinski definition) is 2. The van der Waals surface area contributed by atoms with Crippen LogP contribution in [-0.2, 0) is 0 Å². The summed E-state index contributed by atoms with van der Waals surface area (Å²) in [5.74, 6) is 0.820. The van der Waals surface area contributed by atoms with E-state index < -0.39 is 6.10 Å². The van der Waals surface area contributed by atoms with Crippen molar-refractivity contribution in [1.29, 1.82) is 0 Å². The largest absolute Gasteiger partial charge is 0.394 e. The first-order valence-electron chi connectivity index (χ1n) is 4.27. The lowest BCUT2D eigenvalue weighted by Gasteiger charge is -2.39. The summed E-state index contributed by atoms with van der Waals surface area (Å²) >= 11 is 0. The number of likely N-dealkylation sites (tertiary alicyclic amines) is 1. The molecular weight excluding hydrogens is 142 g/mol. The Labute approximate surface area is 67.6 Å². The third-order valence-corrected chi connectivity index (χ3v) is 2.29. The predicted octanol–water partition coefficient (Wildman–Crippen LogP) is -0.319. The maximum Gasteiger partial charge on any atom is 0.0897 e. The molecule has 1 atom stereocenters. The van der Waals surface area contributed by atoms with E-state index >= 15 is 0 Å². The molecule has 0 radical (unpaired) electrons. The Balaban J connectivity index is 2.04. The molecule has 0 amide bonds. The highest BCUT2D eigenvalue weighted by Gasteiger charge is 2.25. The second kappa shape index (κ2) is 4.04. The van der Waals surface area contributed by atoms with Crippen LogP contribution in [0, 0.1) is 5.92 Å². The van der Waals surface area contributed by atoms with E-state index in [0.717, 1.165) is 19.0 Å². The maximum atomic E-state index is 9.06. The molecule has 3 heteroatoms. The zero-order chi connectivity index (χ0) is 8.27. The van der Waals surface area contributed by atoms with Gasteiger partial charge in [0, 0.05) is 19.6 Å². The molecule has 1 fully saturated rings. The topological polar surface area (TPSA) is 43.7 Å². The van der Waals surface area contributed by atoms with Gasteiger partial charge in [-0.15, -0.1) is 0 Å². The standard InChI is InChI=1S/C8H17NO2/c1-2-7-3-9(4-7)5-8(11)6-10/h7-8,10-11H,2-6H2,1H3. The molecule has 0 aliphatic carbocycles. The molecule has 1 heterocycles. The molecule has 0 aromatic heterocycles. The number of rotatable bonds is 4. The Kier molecular flexibility index (Phi) is 3.30. The Bertz CT molecular complexity index is 113. The highest BCUT2D eigenvalue weighted by molar-refractivity contribution is 4.79. The molecule has 1 aliphatic heterocycles. The van der Waals surface area contributed by atoms with Crippen LogP contribution in [0.25, 0.3) is 0 Å². The first-order chi connectivity index (χ1) is 5.26. The van der Waals surface area contributed by atoms with Crippen LogP contribution in [0.1, 0.15) is 13.3 Å². The molecule has 0 saturated carbocycles. The van der Waals surface area contributed by atoms with Crippen LogP contribution in [0.2, 0.25) is 0 Å². The fourth-order valence-electron chi connectivity index (χ4n) is 1.44. The minimum Gasteiger partial charge on any atom is -0.394 e. The van der Waals surface area contributed by atoms with Crippen LogP contribution in [0.4, 0.5) is 0 Å². The van der Waals surface area contributed by atoms with Crippen LogP contribution in [0.5, 0.6) is 0 Å². The summed E-state index contributed by atoms with van der Waals surface area (Å²) < 4.78 is 0. The highest BCUT2D eigenvalue weighted by Crippen LogP contribution is 2.17. The van der Waals surface area contributed by atoms with Crippen molar-refractivity contribution in [2.24, 2.45) is 5.92 Å². The van der Waals surface area contributed by atoms with Crippen LogP contribution < -0.4 is 0 Å². The van der Waals surface area contributed by atoms with Gasteiger partial charge < -0.3 is 15.1 Å². The minimum absolute atomic E-state index is 0.118. The average molecular weight is 159 g/mol. The van der Waals surface area contributed by atoms with Gasteiger partial charge in [0.15, 0.2) is 0 Å². The fraction of sp³-hybridized carbons (Fsp3) is 1.00. The van der Waals surface area contributed by atoms with Crippen molar-refractivity contribution in [3.8, 4) is 0 Å². The van der Waals surface area contributed by atoms with Crippen LogP contribution in [0.15, 0.2) is 0 Å². The van der Waals surface area contributed by atoms with E-state index in [2.05, 4.69) is 11.8 Å². The van der Waals surface area contributed by atoms with Crippen molar-refractivity contribution in [1.82, 2.24) is 4.90 Å². The molecule has 3 nitrogen and oxygen atoms in total. The van der Waals surface area contributed by atoms with Crippen molar-refractivity contribution in [2.45, 2.75) is 19.4 Å². The van der Waals surface area contributed by atoms with E-state index in [4.69, 9.17) is 10.2 Å².